The molecule has 5 heteroatoms. The van der Waals surface area contributed by atoms with Gasteiger partial charge < -0.3 is 10.2 Å². The lowest BCUT2D eigenvalue weighted by Gasteiger charge is -2.31. The van der Waals surface area contributed by atoms with Gasteiger partial charge in [-0.3, -0.25) is 14.5 Å². The van der Waals surface area contributed by atoms with Crippen molar-refractivity contribution in [1.82, 2.24) is 15.1 Å². The van der Waals surface area contributed by atoms with Gasteiger partial charge in [0.2, 0.25) is 11.8 Å². The summed E-state index contributed by atoms with van der Waals surface area (Å²) in [4.78, 5) is 28.0. The normalized spacial score (nSPS) is 16.1. The van der Waals surface area contributed by atoms with Crippen LogP contribution >= 0.6 is 0 Å². The maximum Gasteiger partial charge on any atom is 0.236 e. The molecular weight excluding hydrogens is 290 g/mol. The molecule has 0 bridgehead atoms. The Kier molecular flexibility index (Phi) is 6.16. The number of hydrogen-bond acceptors (Lipinski definition) is 3. The monoisotopic (exact) mass is 317 g/mol. The highest BCUT2D eigenvalue weighted by Crippen LogP contribution is 2.17. The smallest absolute Gasteiger partial charge is 0.236 e. The summed E-state index contributed by atoms with van der Waals surface area (Å²) in [6.07, 6.45) is 1.66. The van der Waals surface area contributed by atoms with E-state index in [1.165, 1.54) is 11.1 Å². The van der Waals surface area contributed by atoms with E-state index >= 15 is 0 Å². The van der Waals surface area contributed by atoms with E-state index in [4.69, 9.17) is 0 Å². The van der Waals surface area contributed by atoms with Crippen molar-refractivity contribution in [1.29, 1.82) is 0 Å². The van der Waals surface area contributed by atoms with Crippen molar-refractivity contribution in [3.05, 3.63) is 35.4 Å². The quantitative estimate of drug-likeness (QED) is 0.893. The number of nitrogens with zero attached hydrogens (tertiary/aromatic N) is 2. The number of nitrogens with one attached hydrogen (secondary N) is 1. The highest BCUT2D eigenvalue weighted by Gasteiger charge is 2.25. The lowest BCUT2D eigenvalue weighted by Crippen LogP contribution is -2.44. The van der Waals surface area contributed by atoms with E-state index in [1.807, 2.05) is 19.2 Å². The predicted octanol–water partition coefficient (Wildman–Crippen LogP) is 1.41. The van der Waals surface area contributed by atoms with Gasteiger partial charge in [-0.1, -0.05) is 24.3 Å². The molecule has 5 nitrogen and oxygen atoms in total. The first kappa shape index (κ1) is 17.5. The van der Waals surface area contributed by atoms with E-state index in [9.17, 15) is 9.59 Å². The van der Waals surface area contributed by atoms with Crippen molar-refractivity contribution in [2.24, 2.45) is 5.92 Å². The maximum absolute atomic E-state index is 12.4. The lowest BCUT2D eigenvalue weighted by molar-refractivity contribution is -0.132. The molecule has 1 fully saturated rings. The summed E-state index contributed by atoms with van der Waals surface area (Å²) < 4.78 is 0. The van der Waals surface area contributed by atoms with Gasteiger partial charge in [0.25, 0.3) is 0 Å². The Labute approximate surface area is 138 Å². The summed E-state index contributed by atoms with van der Waals surface area (Å²) in [7, 11) is 3.53. The first-order chi connectivity index (χ1) is 11.0. The van der Waals surface area contributed by atoms with Gasteiger partial charge in [0.1, 0.15) is 0 Å². The first-order valence-electron chi connectivity index (χ1n) is 8.23. The number of likely N-dealkylation sites (tertiary alicyclic amines) is 1. The topological polar surface area (TPSA) is 52.7 Å². The van der Waals surface area contributed by atoms with Crippen LogP contribution in [0, 0.1) is 12.8 Å². The van der Waals surface area contributed by atoms with E-state index in [2.05, 4.69) is 29.3 Å². The molecule has 0 spiro atoms. The van der Waals surface area contributed by atoms with Gasteiger partial charge in [0, 0.05) is 26.6 Å². The third-order valence-electron chi connectivity index (χ3n) is 4.66. The number of aryl methyl sites for hydroxylation is 1. The van der Waals surface area contributed by atoms with Gasteiger partial charge >= 0.3 is 0 Å². The fraction of sp³-hybridized carbons (Fsp3) is 0.556. The minimum atomic E-state index is 0.0936. The van der Waals surface area contributed by atoms with Crippen LogP contribution in [0.1, 0.15) is 24.0 Å². The Bertz CT molecular complexity index is 551. The summed E-state index contributed by atoms with van der Waals surface area (Å²) in [5.41, 5.74) is 2.39. The van der Waals surface area contributed by atoms with Crippen LogP contribution in [0.3, 0.4) is 0 Å². The maximum atomic E-state index is 12.4. The summed E-state index contributed by atoms with van der Waals surface area (Å²) in [5, 5.41) is 2.71. The molecule has 1 aromatic carbocycles. The van der Waals surface area contributed by atoms with Crippen LogP contribution < -0.4 is 5.32 Å². The van der Waals surface area contributed by atoms with Crippen LogP contribution in [0.25, 0.3) is 0 Å². The van der Waals surface area contributed by atoms with E-state index in [1.54, 1.807) is 11.9 Å². The van der Waals surface area contributed by atoms with Gasteiger partial charge in [0.15, 0.2) is 0 Å². The highest BCUT2D eigenvalue weighted by atomic mass is 16.2. The number of carbonyl (C=O) groups excluding carboxylic acids is 2. The molecule has 2 amide bonds. The molecule has 0 atom stereocenters. The molecular formula is C18H27N3O2. The first-order valence-corrected chi connectivity index (χ1v) is 8.23. The largest absolute Gasteiger partial charge is 0.359 e. The van der Waals surface area contributed by atoms with E-state index in [0.717, 1.165) is 25.9 Å². The standard InChI is InChI=1S/C18H27N3O2/c1-14-6-4-5-7-16(14)12-20(3)17(22)13-21-10-8-15(9-11-21)18(23)19-2/h4-7,15H,8-13H2,1-3H3,(H,19,23). The highest BCUT2D eigenvalue weighted by molar-refractivity contribution is 5.79. The van der Waals surface area contributed by atoms with Crippen LogP contribution in [0.4, 0.5) is 0 Å². The number of benzene rings is 1. The average molecular weight is 317 g/mol. The molecule has 0 saturated carbocycles. The van der Waals surface area contributed by atoms with Gasteiger partial charge in [-0.05, 0) is 44.0 Å². The Balaban J connectivity index is 1.81. The van der Waals surface area contributed by atoms with Gasteiger partial charge in [0.05, 0.1) is 6.54 Å². The molecule has 1 saturated heterocycles. The van der Waals surface area contributed by atoms with Gasteiger partial charge in [-0.25, -0.2) is 0 Å². The van der Waals surface area contributed by atoms with Crippen LogP contribution in [-0.4, -0.2) is 55.3 Å². The van der Waals surface area contributed by atoms with Crippen LogP contribution in [0.2, 0.25) is 0 Å². The Morgan fingerprint density at radius 3 is 2.52 bits per heavy atom. The number of carbonyl (C=O) groups is 2. The van der Waals surface area contributed by atoms with Crippen LogP contribution in [0.5, 0.6) is 0 Å². The molecule has 1 aliphatic rings. The number of piperidine rings is 1. The lowest BCUT2D eigenvalue weighted by atomic mass is 9.96. The van der Waals surface area contributed by atoms with Crippen LogP contribution in [-0.2, 0) is 16.1 Å². The molecule has 1 N–H and O–H groups in total. The van der Waals surface area contributed by atoms with Gasteiger partial charge in [-0.15, -0.1) is 0 Å². The number of likely N-dealkylation sites (N-methyl/N-ethyl adjacent to an activating group) is 1. The van der Waals surface area contributed by atoms with Crippen molar-refractivity contribution in [3.63, 3.8) is 0 Å². The molecule has 0 radical (unpaired) electrons. The summed E-state index contributed by atoms with van der Waals surface area (Å²) in [6, 6.07) is 8.15. The van der Waals surface area contributed by atoms with Crippen molar-refractivity contribution < 1.29 is 9.59 Å². The average Bonchev–Trinajstić information content (AvgIpc) is 2.56. The van der Waals surface area contributed by atoms with Crippen LogP contribution in [0.15, 0.2) is 24.3 Å². The van der Waals surface area contributed by atoms with E-state index in [0.29, 0.717) is 13.1 Å². The Morgan fingerprint density at radius 2 is 1.91 bits per heavy atom. The van der Waals surface area contributed by atoms with E-state index in [-0.39, 0.29) is 17.7 Å². The number of amides is 2. The third kappa shape index (κ3) is 4.79. The number of rotatable bonds is 5. The molecule has 0 aromatic heterocycles. The molecule has 1 aromatic rings. The van der Waals surface area contributed by atoms with Crippen molar-refractivity contribution in [3.8, 4) is 0 Å². The van der Waals surface area contributed by atoms with Crippen molar-refractivity contribution in [2.45, 2.75) is 26.3 Å². The van der Waals surface area contributed by atoms with Crippen molar-refractivity contribution in [2.75, 3.05) is 33.7 Å². The third-order valence-corrected chi connectivity index (χ3v) is 4.66. The molecule has 1 heterocycles. The molecule has 2 rings (SSSR count). The second kappa shape index (κ2) is 8.11. The fourth-order valence-corrected chi connectivity index (χ4v) is 3.00. The van der Waals surface area contributed by atoms with Crippen molar-refractivity contribution >= 4 is 11.8 Å². The summed E-state index contributed by atoms with van der Waals surface area (Å²) >= 11 is 0. The molecule has 0 unspecified atom stereocenters. The second-order valence-corrected chi connectivity index (χ2v) is 6.34. The second-order valence-electron chi connectivity index (χ2n) is 6.34. The Hall–Kier alpha value is -1.88. The zero-order chi connectivity index (χ0) is 16.8. The molecule has 0 aliphatic carbocycles. The minimum Gasteiger partial charge on any atom is -0.359 e. The molecule has 23 heavy (non-hydrogen) atoms. The minimum absolute atomic E-state index is 0.0936. The zero-order valence-electron chi connectivity index (χ0n) is 14.3. The summed E-state index contributed by atoms with van der Waals surface area (Å²) in [6.45, 7) is 4.75. The molecule has 1 aliphatic heterocycles. The Morgan fingerprint density at radius 1 is 1.26 bits per heavy atom. The molecule has 126 valence electrons. The van der Waals surface area contributed by atoms with E-state index < -0.39 is 0 Å². The fourth-order valence-electron chi connectivity index (χ4n) is 3.00. The SMILES string of the molecule is CNC(=O)C1CCN(CC(=O)N(C)Cc2ccccc2C)CC1. The number of hydrogen-bond donors (Lipinski definition) is 1. The van der Waals surface area contributed by atoms with Gasteiger partial charge in [-0.2, -0.15) is 0 Å². The predicted molar refractivity (Wildman–Crippen MR) is 90.9 cm³/mol. The summed E-state index contributed by atoms with van der Waals surface area (Å²) in [5.74, 6) is 0.343. The zero-order valence-corrected chi connectivity index (χ0v) is 14.3.